The standard InChI is InChI=1S/C24H25ClF2N4O3/c1-30(18-7-9-20(10-8-18)34-16-26)17-3-5-19(6-4-17)31-23(32)22(25)21(13-29-31)28-14-24(27)11-2-12-33-15-24/h3-10,13,28H,2,11-12,14-16H2,1H3/t24-/m1/s1. The third-order valence-corrected chi connectivity index (χ3v) is 6.08. The molecule has 34 heavy (non-hydrogen) atoms. The van der Waals surface area contributed by atoms with Crippen molar-refractivity contribution >= 4 is 28.7 Å². The van der Waals surface area contributed by atoms with Crippen molar-refractivity contribution in [1.29, 1.82) is 0 Å². The zero-order valence-electron chi connectivity index (χ0n) is 18.6. The van der Waals surface area contributed by atoms with Gasteiger partial charge in [0.25, 0.3) is 5.56 Å². The maximum atomic E-state index is 14.8. The van der Waals surface area contributed by atoms with E-state index < -0.39 is 18.1 Å². The maximum absolute atomic E-state index is 14.8. The van der Waals surface area contributed by atoms with Crippen molar-refractivity contribution in [3.63, 3.8) is 0 Å². The first-order valence-electron chi connectivity index (χ1n) is 10.8. The Morgan fingerprint density at radius 2 is 1.88 bits per heavy atom. The number of halogens is 3. The number of hydrogen-bond acceptors (Lipinski definition) is 6. The highest BCUT2D eigenvalue weighted by Gasteiger charge is 2.32. The summed E-state index contributed by atoms with van der Waals surface area (Å²) in [6.45, 7) is -0.324. The number of nitrogens with one attached hydrogen (secondary N) is 1. The summed E-state index contributed by atoms with van der Waals surface area (Å²) in [5.74, 6) is 0.448. The van der Waals surface area contributed by atoms with Crippen molar-refractivity contribution in [2.45, 2.75) is 18.5 Å². The first-order chi connectivity index (χ1) is 16.4. The molecule has 1 aliphatic rings. The van der Waals surface area contributed by atoms with Gasteiger partial charge in [-0.15, -0.1) is 0 Å². The van der Waals surface area contributed by atoms with E-state index in [4.69, 9.17) is 21.1 Å². The largest absolute Gasteiger partial charge is 0.463 e. The first-order valence-corrected chi connectivity index (χ1v) is 11.2. The Bertz CT molecular complexity index is 1170. The van der Waals surface area contributed by atoms with E-state index in [-0.39, 0.29) is 23.9 Å². The Labute approximate surface area is 200 Å². The van der Waals surface area contributed by atoms with Gasteiger partial charge in [-0.25, -0.2) is 8.78 Å². The van der Waals surface area contributed by atoms with Gasteiger partial charge in [0.15, 0.2) is 5.67 Å². The number of nitrogens with zero attached hydrogens (tertiary/aromatic N) is 3. The first kappa shape index (κ1) is 24.0. The topological polar surface area (TPSA) is 68.6 Å². The van der Waals surface area contributed by atoms with Crippen molar-refractivity contribution < 1.29 is 18.3 Å². The quantitative estimate of drug-likeness (QED) is 0.485. The van der Waals surface area contributed by atoms with E-state index in [0.29, 0.717) is 30.9 Å². The molecule has 1 saturated heterocycles. The third kappa shape index (κ3) is 5.31. The number of alkyl halides is 2. The average molecular weight is 491 g/mol. The minimum Gasteiger partial charge on any atom is -0.463 e. The highest BCUT2D eigenvalue weighted by molar-refractivity contribution is 6.32. The molecule has 1 atom stereocenters. The van der Waals surface area contributed by atoms with Gasteiger partial charge in [-0.2, -0.15) is 9.78 Å². The van der Waals surface area contributed by atoms with Crippen LogP contribution in [0.15, 0.2) is 59.5 Å². The number of anilines is 3. The third-order valence-electron chi connectivity index (χ3n) is 5.72. The lowest BCUT2D eigenvalue weighted by Crippen LogP contribution is -2.40. The molecule has 0 bridgehead atoms. The van der Waals surface area contributed by atoms with Gasteiger partial charge in [0.1, 0.15) is 10.8 Å². The minimum absolute atomic E-state index is 0.0124. The molecule has 4 rings (SSSR count). The Morgan fingerprint density at radius 1 is 1.21 bits per heavy atom. The van der Waals surface area contributed by atoms with Crippen molar-refractivity contribution in [2.75, 3.05) is 43.9 Å². The molecule has 0 amide bonds. The fraction of sp³-hybridized carbons (Fsp3) is 0.333. The minimum atomic E-state index is -1.50. The summed E-state index contributed by atoms with van der Waals surface area (Å²) in [5.41, 5.74) is 0.542. The molecular formula is C24H25ClF2N4O3. The normalized spacial score (nSPS) is 17.9. The summed E-state index contributed by atoms with van der Waals surface area (Å²) in [6, 6.07) is 14.2. The van der Waals surface area contributed by atoms with Gasteiger partial charge >= 0.3 is 0 Å². The molecule has 180 valence electrons. The molecule has 7 nitrogen and oxygen atoms in total. The number of aromatic nitrogens is 2. The summed E-state index contributed by atoms with van der Waals surface area (Å²) >= 11 is 6.28. The molecule has 3 aromatic rings. The molecule has 2 heterocycles. The van der Waals surface area contributed by atoms with Crippen molar-refractivity contribution in [2.24, 2.45) is 0 Å². The van der Waals surface area contributed by atoms with Crippen LogP contribution >= 0.6 is 11.6 Å². The van der Waals surface area contributed by atoms with Crippen LogP contribution in [0, 0.1) is 0 Å². The predicted octanol–water partition coefficient (Wildman–Crippen LogP) is 4.89. The van der Waals surface area contributed by atoms with E-state index in [9.17, 15) is 13.6 Å². The molecule has 1 aliphatic heterocycles. The summed E-state index contributed by atoms with van der Waals surface area (Å²) in [6.07, 6.45) is 2.45. The van der Waals surface area contributed by atoms with Crippen LogP contribution < -0.4 is 20.5 Å². The smallest absolute Gasteiger partial charge is 0.292 e. The van der Waals surface area contributed by atoms with Gasteiger partial charge in [-0.3, -0.25) is 4.79 Å². The number of hydrogen-bond donors (Lipinski definition) is 1. The van der Waals surface area contributed by atoms with Gasteiger partial charge in [-0.1, -0.05) is 11.6 Å². The Kier molecular flexibility index (Phi) is 7.33. The molecule has 0 saturated carbocycles. The molecule has 1 N–H and O–H groups in total. The van der Waals surface area contributed by atoms with Crippen LogP contribution in [0.3, 0.4) is 0 Å². The molecular weight excluding hydrogens is 466 g/mol. The lowest BCUT2D eigenvalue weighted by Gasteiger charge is -2.29. The summed E-state index contributed by atoms with van der Waals surface area (Å²) in [5, 5.41) is 7.04. The van der Waals surface area contributed by atoms with E-state index in [1.165, 1.54) is 10.9 Å². The second kappa shape index (κ2) is 10.4. The Morgan fingerprint density at radius 3 is 2.50 bits per heavy atom. The molecule has 1 aromatic heterocycles. The van der Waals surface area contributed by atoms with Gasteiger partial charge in [-0.05, 0) is 61.4 Å². The molecule has 1 fully saturated rings. The SMILES string of the molecule is CN(c1ccc(OCF)cc1)c1ccc(-n2ncc(NC[C@]3(F)CCCOC3)c(Cl)c2=O)cc1. The zero-order chi connectivity index (χ0) is 24.1. The van der Waals surface area contributed by atoms with Crippen LogP contribution in [-0.4, -0.2) is 49.1 Å². The Hall–Kier alpha value is -3.17. The van der Waals surface area contributed by atoms with Crippen LogP contribution in [0.5, 0.6) is 5.75 Å². The monoisotopic (exact) mass is 490 g/mol. The van der Waals surface area contributed by atoms with Crippen LogP contribution in [0.1, 0.15) is 12.8 Å². The molecule has 0 aliphatic carbocycles. The van der Waals surface area contributed by atoms with Gasteiger partial charge < -0.3 is 19.7 Å². The summed E-state index contributed by atoms with van der Waals surface area (Å²) in [4.78, 5) is 14.7. The maximum Gasteiger partial charge on any atom is 0.292 e. The van der Waals surface area contributed by atoms with E-state index in [1.54, 1.807) is 24.3 Å². The molecule has 0 spiro atoms. The fourth-order valence-corrected chi connectivity index (χ4v) is 3.94. The van der Waals surface area contributed by atoms with Crippen LogP contribution in [0.25, 0.3) is 5.69 Å². The number of ether oxygens (including phenoxy) is 2. The van der Waals surface area contributed by atoms with Crippen molar-refractivity contribution in [1.82, 2.24) is 9.78 Å². The zero-order valence-corrected chi connectivity index (χ0v) is 19.4. The highest BCUT2D eigenvalue weighted by Crippen LogP contribution is 2.27. The number of rotatable bonds is 8. The molecule has 2 aromatic carbocycles. The van der Waals surface area contributed by atoms with Gasteiger partial charge in [0, 0.05) is 25.0 Å². The predicted molar refractivity (Wildman–Crippen MR) is 128 cm³/mol. The fourth-order valence-electron chi connectivity index (χ4n) is 3.75. The van der Waals surface area contributed by atoms with E-state index in [2.05, 4.69) is 10.4 Å². The highest BCUT2D eigenvalue weighted by atomic mass is 35.5. The van der Waals surface area contributed by atoms with Crippen molar-refractivity contribution in [3.8, 4) is 11.4 Å². The van der Waals surface area contributed by atoms with Gasteiger partial charge in [0.2, 0.25) is 6.86 Å². The lowest BCUT2D eigenvalue weighted by molar-refractivity contribution is -0.0234. The van der Waals surface area contributed by atoms with Crippen molar-refractivity contribution in [3.05, 3.63) is 70.1 Å². The Balaban J connectivity index is 1.47. The summed E-state index contributed by atoms with van der Waals surface area (Å²) < 4.78 is 38.3. The lowest BCUT2D eigenvalue weighted by atomic mass is 9.99. The van der Waals surface area contributed by atoms with Crippen LogP contribution in [0.2, 0.25) is 5.02 Å². The molecule has 0 unspecified atom stereocenters. The summed E-state index contributed by atoms with van der Waals surface area (Å²) in [7, 11) is 1.89. The number of benzene rings is 2. The van der Waals surface area contributed by atoms with E-state index >= 15 is 0 Å². The van der Waals surface area contributed by atoms with E-state index in [0.717, 1.165) is 11.4 Å². The van der Waals surface area contributed by atoms with Crippen LogP contribution in [0.4, 0.5) is 25.8 Å². The van der Waals surface area contributed by atoms with E-state index in [1.807, 2.05) is 36.2 Å². The average Bonchev–Trinajstić information content (AvgIpc) is 2.86. The second-order valence-corrected chi connectivity index (χ2v) is 8.45. The van der Waals surface area contributed by atoms with Crippen LogP contribution in [-0.2, 0) is 4.74 Å². The molecule has 0 radical (unpaired) electrons. The van der Waals surface area contributed by atoms with Gasteiger partial charge in [0.05, 0.1) is 30.7 Å². The molecule has 10 heteroatoms. The second-order valence-electron chi connectivity index (χ2n) is 8.07.